The summed E-state index contributed by atoms with van der Waals surface area (Å²) in [6, 6.07) is 13.8. The van der Waals surface area contributed by atoms with E-state index in [1.807, 2.05) is 30.3 Å². The average molecular weight is 266 g/mol. The van der Waals surface area contributed by atoms with Crippen LogP contribution in [0.1, 0.15) is 5.56 Å². The Hall–Kier alpha value is -2.62. The van der Waals surface area contributed by atoms with E-state index in [1.165, 1.54) is 0 Å². The van der Waals surface area contributed by atoms with Crippen LogP contribution in [-0.2, 0) is 0 Å². The van der Waals surface area contributed by atoms with Crippen molar-refractivity contribution in [1.29, 1.82) is 0 Å². The standard InChI is InChI=1S/C16H14N2O2/c1-10-7-15(17-18-16(10)19)13-4-3-12-9-14(20-2)6-5-11(12)8-13/h3-9H,1-2H3,(H,18,19). The molecule has 0 unspecified atom stereocenters. The minimum absolute atomic E-state index is 0.153. The van der Waals surface area contributed by atoms with Crippen LogP contribution < -0.4 is 10.3 Å². The third kappa shape index (κ3) is 2.16. The van der Waals surface area contributed by atoms with Crippen molar-refractivity contribution < 1.29 is 4.74 Å². The lowest BCUT2D eigenvalue weighted by Gasteiger charge is -2.05. The van der Waals surface area contributed by atoms with Crippen LogP contribution in [0, 0.1) is 6.92 Å². The van der Waals surface area contributed by atoms with Gasteiger partial charge < -0.3 is 4.74 Å². The van der Waals surface area contributed by atoms with Gasteiger partial charge in [0.2, 0.25) is 0 Å². The van der Waals surface area contributed by atoms with Crippen LogP contribution in [0.15, 0.2) is 47.3 Å². The van der Waals surface area contributed by atoms with Gasteiger partial charge in [0.05, 0.1) is 12.8 Å². The summed E-state index contributed by atoms with van der Waals surface area (Å²) in [6.07, 6.45) is 0. The zero-order valence-corrected chi connectivity index (χ0v) is 11.3. The molecule has 2 aromatic carbocycles. The molecule has 0 spiro atoms. The monoisotopic (exact) mass is 266 g/mol. The van der Waals surface area contributed by atoms with Gasteiger partial charge >= 0.3 is 0 Å². The summed E-state index contributed by atoms with van der Waals surface area (Å²) >= 11 is 0. The first-order valence-electron chi connectivity index (χ1n) is 6.32. The smallest absolute Gasteiger partial charge is 0.267 e. The quantitative estimate of drug-likeness (QED) is 0.776. The number of hydrogen-bond acceptors (Lipinski definition) is 3. The van der Waals surface area contributed by atoms with Crippen molar-refractivity contribution >= 4 is 10.8 Å². The SMILES string of the molecule is COc1ccc2cc(-c3cc(C)c(=O)[nH]n3)ccc2c1. The molecular formula is C16H14N2O2. The van der Waals surface area contributed by atoms with Crippen LogP contribution in [0.25, 0.3) is 22.0 Å². The number of hydrogen-bond donors (Lipinski definition) is 1. The van der Waals surface area contributed by atoms with Gasteiger partial charge in [0.15, 0.2) is 0 Å². The van der Waals surface area contributed by atoms with E-state index in [1.54, 1.807) is 20.1 Å². The molecule has 4 heteroatoms. The molecule has 0 aliphatic rings. The van der Waals surface area contributed by atoms with Crippen molar-refractivity contribution in [2.45, 2.75) is 6.92 Å². The average Bonchev–Trinajstić information content (AvgIpc) is 2.49. The molecule has 3 rings (SSSR count). The maximum Gasteiger partial charge on any atom is 0.267 e. The van der Waals surface area contributed by atoms with Crippen molar-refractivity contribution in [3.8, 4) is 17.0 Å². The number of ether oxygens (including phenoxy) is 1. The van der Waals surface area contributed by atoms with Crippen molar-refractivity contribution in [1.82, 2.24) is 10.2 Å². The molecule has 3 aromatic rings. The van der Waals surface area contributed by atoms with E-state index >= 15 is 0 Å². The summed E-state index contributed by atoms with van der Waals surface area (Å²) in [4.78, 5) is 11.4. The number of rotatable bonds is 2. The van der Waals surface area contributed by atoms with Gasteiger partial charge in [-0.3, -0.25) is 4.79 Å². The Bertz CT molecular complexity index is 837. The van der Waals surface area contributed by atoms with Gasteiger partial charge in [0.1, 0.15) is 5.75 Å². The molecule has 4 nitrogen and oxygen atoms in total. The lowest BCUT2D eigenvalue weighted by molar-refractivity contribution is 0.415. The van der Waals surface area contributed by atoms with E-state index in [0.717, 1.165) is 27.8 Å². The zero-order chi connectivity index (χ0) is 14.1. The van der Waals surface area contributed by atoms with Gasteiger partial charge in [-0.15, -0.1) is 0 Å². The highest BCUT2D eigenvalue weighted by Crippen LogP contribution is 2.25. The molecule has 1 N–H and O–H groups in total. The first kappa shape index (κ1) is 12.4. The first-order valence-corrected chi connectivity index (χ1v) is 6.32. The fourth-order valence-electron chi connectivity index (χ4n) is 2.16. The normalized spacial score (nSPS) is 10.7. The van der Waals surface area contributed by atoms with Gasteiger partial charge in [-0.2, -0.15) is 5.10 Å². The van der Waals surface area contributed by atoms with E-state index in [-0.39, 0.29) is 5.56 Å². The van der Waals surface area contributed by atoms with Gasteiger partial charge in [-0.1, -0.05) is 18.2 Å². The van der Waals surface area contributed by atoms with Crippen molar-refractivity contribution in [2.75, 3.05) is 7.11 Å². The Morgan fingerprint density at radius 2 is 1.80 bits per heavy atom. The molecule has 0 aliphatic heterocycles. The van der Waals surface area contributed by atoms with Crippen LogP contribution in [0.5, 0.6) is 5.75 Å². The summed E-state index contributed by atoms with van der Waals surface area (Å²) in [5.74, 6) is 0.836. The zero-order valence-electron chi connectivity index (χ0n) is 11.3. The summed E-state index contributed by atoms with van der Waals surface area (Å²) in [5.41, 5.74) is 2.24. The Morgan fingerprint density at radius 3 is 2.55 bits per heavy atom. The minimum Gasteiger partial charge on any atom is -0.497 e. The second-order valence-corrected chi connectivity index (χ2v) is 4.69. The number of H-pyrrole nitrogens is 1. The van der Waals surface area contributed by atoms with E-state index in [2.05, 4.69) is 16.3 Å². The molecule has 0 saturated carbocycles. The fourth-order valence-corrected chi connectivity index (χ4v) is 2.16. The maximum absolute atomic E-state index is 11.4. The van der Waals surface area contributed by atoms with Crippen LogP contribution >= 0.6 is 0 Å². The number of fused-ring (bicyclic) bond motifs is 1. The number of aryl methyl sites for hydroxylation is 1. The molecule has 0 bridgehead atoms. The Labute approximate surface area is 116 Å². The molecule has 0 amide bonds. The highest BCUT2D eigenvalue weighted by Gasteiger charge is 2.04. The molecule has 1 heterocycles. The number of methoxy groups -OCH3 is 1. The Kier molecular flexibility index (Phi) is 2.99. The molecule has 0 atom stereocenters. The predicted molar refractivity (Wildman–Crippen MR) is 79.1 cm³/mol. The summed E-state index contributed by atoms with van der Waals surface area (Å²) < 4.78 is 5.21. The Morgan fingerprint density at radius 1 is 1.05 bits per heavy atom. The number of nitrogens with one attached hydrogen (secondary N) is 1. The lowest BCUT2D eigenvalue weighted by Crippen LogP contribution is -2.11. The summed E-state index contributed by atoms with van der Waals surface area (Å²) in [5, 5.41) is 8.81. The summed E-state index contributed by atoms with van der Waals surface area (Å²) in [7, 11) is 1.66. The van der Waals surface area contributed by atoms with Gasteiger partial charge in [-0.25, -0.2) is 5.10 Å². The molecule has 0 aliphatic carbocycles. The van der Waals surface area contributed by atoms with Crippen molar-refractivity contribution in [2.24, 2.45) is 0 Å². The molecule has 0 fully saturated rings. The molecule has 20 heavy (non-hydrogen) atoms. The molecule has 0 radical (unpaired) electrons. The number of nitrogens with zero attached hydrogens (tertiary/aromatic N) is 1. The second kappa shape index (κ2) is 4.81. The van der Waals surface area contributed by atoms with Gasteiger partial charge in [-0.05, 0) is 42.0 Å². The summed E-state index contributed by atoms with van der Waals surface area (Å²) in [6.45, 7) is 1.77. The largest absolute Gasteiger partial charge is 0.497 e. The van der Waals surface area contributed by atoms with E-state index in [0.29, 0.717) is 5.56 Å². The lowest BCUT2D eigenvalue weighted by atomic mass is 10.0. The highest BCUT2D eigenvalue weighted by molar-refractivity contribution is 5.87. The number of aromatic amines is 1. The molecule has 100 valence electrons. The second-order valence-electron chi connectivity index (χ2n) is 4.69. The molecular weight excluding hydrogens is 252 g/mol. The van der Waals surface area contributed by atoms with E-state index < -0.39 is 0 Å². The van der Waals surface area contributed by atoms with Crippen LogP contribution in [-0.4, -0.2) is 17.3 Å². The van der Waals surface area contributed by atoms with Crippen LogP contribution in [0.2, 0.25) is 0 Å². The third-order valence-corrected chi connectivity index (χ3v) is 3.33. The molecule has 0 saturated heterocycles. The van der Waals surface area contributed by atoms with E-state index in [9.17, 15) is 4.79 Å². The van der Waals surface area contributed by atoms with E-state index in [4.69, 9.17) is 4.74 Å². The third-order valence-electron chi connectivity index (χ3n) is 3.33. The number of benzene rings is 2. The minimum atomic E-state index is -0.153. The van der Waals surface area contributed by atoms with Gasteiger partial charge in [0.25, 0.3) is 5.56 Å². The maximum atomic E-state index is 11.4. The van der Waals surface area contributed by atoms with Crippen LogP contribution in [0.3, 0.4) is 0 Å². The van der Waals surface area contributed by atoms with Crippen molar-refractivity contribution in [3.63, 3.8) is 0 Å². The first-order chi connectivity index (χ1) is 9.67. The van der Waals surface area contributed by atoms with Gasteiger partial charge in [0, 0.05) is 11.1 Å². The Balaban J connectivity index is 2.12. The number of aromatic nitrogens is 2. The highest BCUT2D eigenvalue weighted by atomic mass is 16.5. The van der Waals surface area contributed by atoms with Crippen molar-refractivity contribution in [3.05, 3.63) is 58.4 Å². The predicted octanol–water partition coefficient (Wildman–Crippen LogP) is 2.91. The van der Waals surface area contributed by atoms with Crippen LogP contribution in [0.4, 0.5) is 0 Å². The molecule has 1 aromatic heterocycles. The fraction of sp³-hybridized carbons (Fsp3) is 0.125. The topological polar surface area (TPSA) is 55.0 Å².